The largest absolute Gasteiger partial charge is 0.370 e. The van der Waals surface area contributed by atoms with E-state index in [9.17, 15) is 13.2 Å². The number of halogens is 2. The first-order valence-corrected chi connectivity index (χ1v) is 14.7. The molecule has 0 bridgehead atoms. The van der Waals surface area contributed by atoms with E-state index in [1.165, 1.54) is 16.4 Å². The molecule has 3 aliphatic rings. The average molecular weight is 548 g/mol. The normalized spacial score (nSPS) is 24.1. The highest BCUT2D eigenvalue weighted by Gasteiger charge is 2.36. The van der Waals surface area contributed by atoms with E-state index in [0.717, 1.165) is 65.0 Å². The van der Waals surface area contributed by atoms with Crippen molar-refractivity contribution in [3.8, 4) is 0 Å². The van der Waals surface area contributed by atoms with Gasteiger partial charge in [-0.25, -0.2) is 8.42 Å². The Morgan fingerprint density at radius 1 is 0.971 bits per heavy atom. The molecule has 1 amide bonds. The minimum Gasteiger partial charge on any atom is -0.370 e. The summed E-state index contributed by atoms with van der Waals surface area (Å²) in [4.78, 5) is 19.5. The highest BCUT2D eigenvalue weighted by molar-refractivity contribution is 7.89. The van der Waals surface area contributed by atoms with Crippen molar-refractivity contribution in [2.75, 3.05) is 66.1 Å². The predicted molar refractivity (Wildman–Crippen MR) is 137 cm³/mol. The van der Waals surface area contributed by atoms with E-state index in [-0.39, 0.29) is 40.1 Å². The van der Waals surface area contributed by atoms with Crippen molar-refractivity contribution in [2.24, 2.45) is 0 Å². The molecular weight excluding hydrogens is 511 g/mol. The number of sulfonamides is 1. The Morgan fingerprint density at radius 3 is 2.29 bits per heavy atom. The number of piperidine rings is 2. The van der Waals surface area contributed by atoms with Crippen LogP contribution in [0.15, 0.2) is 23.1 Å². The molecule has 1 unspecified atom stereocenters. The molecule has 3 heterocycles. The van der Waals surface area contributed by atoms with Crippen molar-refractivity contribution >= 4 is 39.1 Å². The van der Waals surface area contributed by atoms with Crippen LogP contribution in [-0.2, 0) is 19.6 Å². The number of carbonyl (C=O) groups is 1. The Labute approximate surface area is 219 Å². The number of benzene rings is 1. The van der Waals surface area contributed by atoms with Gasteiger partial charge in [-0.05, 0) is 44.9 Å². The number of rotatable bonds is 7. The van der Waals surface area contributed by atoms with Gasteiger partial charge in [0.2, 0.25) is 15.9 Å². The molecule has 0 aromatic heterocycles. The number of hydrogen-bond donors (Lipinski definition) is 0. The number of amides is 1. The second-order valence-corrected chi connectivity index (χ2v) is 12.4. The number of piperazine rings is 1. The van der Waals surface area contributed by atoms with E-state index in [0.29, 0.717) is 19.0 Å². The van der Waals surface area contributed by atoms with E-state index < -0.39 is 10.0 Å². The van der Waals surface area contributed by atoms with E-state index in [4.69, 9.17) is 27.9 Å². The van der Waals surface area contributed by atoms with Gasteiger partial charge in [0.15, 0.2) is 0 Å². The number of nitrogens with zero attached hydrogens (tertiary/aromatic N) is 4. The van der Waals surface area contributed by atoms with Crippen LogP contribution in [0.2, 0.25) is 10.0 Å². The standard InChI is InChI=1S/C24H36Cl2N4O4S/c1-27-13-15-28(16-14-27)19-8-11-29(12-9-19)23(31)18-34-17-20-5-2-3-10-30(20)35(32,33)24-21(25)6-4-7-22(24)26/h4,6-7,19-20H,2-3,5,8-18H2,1H3. The zero-order valence-electron chi connectivity index (χ0n) is 20.4. The summed E-state index contributed by atoms with van der Waals surface area (Å²) >= 11 is 12.4. The number of carbonyl (C=O) groups excluding carboxylic acids is 1. The molecule has 3 fully saturated rings. The van der Waals surface area contributed by atoms with Crippen LogP contribution in [0.25, 0.3) is 0 Å². The Kier molecular flexibility index (Phi) is 9.35. The first-order valence-electron chi connectivity index (χ1n) is 12.5. The highest BCUT2D eigenvalue weighted by Crippen LogP contribution is 2.34. The molecule has 11 heteroatoms. The number of likely N-dealkylation sites (tertiary alicyclic amines) is 1. The molecule has 1 atom stereocenters. The van der Waals surface area contributed by atoms with E-state index in [1.54, 1.807) is 6.07 Å². The molecule has 4 rings (SSSR count). The first-order chi connectivity index (χ1) is 16.8. The lowest BCUT2D eigenvalue weighted by Gasteiger charge is -2.42. The van der Waals surface area contributed by atoms with Crippen molar-refractivity contribution in [3.05, 3.63) is 28.2 Å². The lowest BCUT2D eigenvalue weighted by atomic mass is 10.0. The summed E-state index contributed by atoms with van der Waals surface area (Å²) in [5.41, 5.74) is 0. The van der Waals surface area contributed by atoms with Crippen molar-refractivity contribution < 1.29 is 17.9 Å². The average Bonchev–Trinajstić information content (AvgIpc) is 2.84. The van der Waals surface area contributed by atoms with Gasteiger partial charge in [0.25, 0.3) is 0 Å². The highest BCUT2D eigenvalue weighted by atomic mass is 35.5. The maximum absolute atomic E-state index is 13.4. The molecule has 35 heavy (non-hydrogen) atoms. The first kappa shape index (κ1) is 27.1. The number of likely N-dealkylation sites (N-methyl/N-ethyl adjacent to an activating group) is 1. The fourth-order valence-electron chi connectivity index (χ4n) is 5.34. The molecule has 196 valence electrons. The summed E-state index contributed by atoms with van der Waals surface area (Å²) in [5, 5.41) is 0.218. The molecule has 0 radical (unpaired) electrons. The molecule has 3 saturated heterocycles. The molecule has 3 aliphatic heterocycles. The Morgan fingerprint density at radius 2 is 1.63 bits per heavy atom. The lowest BCUT2D eigenvalue weighted by Crippen LogP contribution is -2.53. The molecule has 1 aromatic carbocycles. The van der Waals surface area contributed by atoms with Crippen molar-refractivity contribution in [1.82, 2.24) is 19.0 Å². The summed E-state index contributed by atoms with van der Waals surface area (Å²) in [6.07, 6.45) is 4.32. The van der Waals surface area contributed by atoms with E-state index in [1.807, 2.05) is 4.90 Å². The molecular formula is C24H36Cl2N4O4S. The second kappa shape index (κ2) is 12.1. The minimum absolute atomic E-state index is 0.0267. The Hall–Kier alpha value is -0.940. The minimum atomic E-state index is -3.88. The monoisotopic (exact) mass is 546 g/mol. The summed E-state index contributed by atoms with van der Waals surface area (Å²) in [5.74, 6) is -0.0267. The van der Waals surface area contributed by atoms with Crippen molar-refractivity contribution in [2.45, 2.75) is 49.1 Å². The number of hydrogen-bond acceptors (Lipinski definition) is 6. The smallest absolute Gasteiger partial charge is 0.248 e. The number of ether oxygens (including phenoxy) is 1. The maximum Gasteiger partial charge on any atom is 0.248 e. The zero-order chi connectivity index (χ0) is 25.0. The van der Waals surface area contributed by atoms with E-state index >= 15 is 0 Å². The lowest BCUT2D eigenvalue weighted by molar-refractivity contribution is -0.138. The van der Waals surface area contributed by atoms with Crippen molar-refractivity contribution in [3.63, 3.8) is 0 Å². The van der Waals surface area contributed by atoms with Gasteiger partial charge in [-0.1, -0.05) is 35.7 Å². The molecule has 0 spiro atoms. The molecule has 0 saturated carbocycles. The SMILES string of the molecule is CN1CCN(C2CCN(C(=O)COCC3CCCCN3S(=O)(=O)c3c(Cl)cccc3Cl)CC2)CC1. The molecule has 8 nitrogen and oxygen atoms in total. The molecule has 1 aromatic rings. The third-order valence-corrected chi connectivity index (χ3v) is 10.4. The third-order valence-electron chi connectivity index (χ3n) is 7.47. The van der Waals surface area contributed by atoms with Gasteiger partial charge in [0.1, 0.15) is 11.5 Å². The van der Waals surface area contributed by atoms with Gasteiger partial charge < -0.3 is 14.5 Å². The summed E-state index contributed by atoms with van der Waals surface area (Å²) < 4.78 is 34.0. The fraction of sp³-hybridized carbons (Fsp3) is 0.708. The quantitative estimate of drug-likeness (QED) is 0.523. The van der Waals surface area contributed by atoms with Crippen LogP contribution >= 0.6 is 23.2 Å². The summed E-state index contributed by atoms with van der Waals surface area (Å²) in [6, 6.07) is 4.88. The topological polar surface area (TPSA) is 73.4 Å². The summed E-state index contributed by atoms with van der Waals surface area (Å²) in [6.45, 7) is 6.40. The third kappa shape index (κ3) is 6.50. The van der Waals surface area contributed by atoms with Gasteiger partial charge in [0, 0.05) is 57.9 Å². The molecule has 0 aliphatic carbocycles. The van der Waals surface area contributed by atoms with Gasteiger partial charge >= 0.3 is 0 Å². The van der Waals surface area contributed by atoms with Crippen LogP contribution in [0.1, 0.15) is 32.1 Å². The fourth-order valence-corrected chi connectivity index (χ4v) is 8.12. The van der Waals surface area contributed by atoms with Crippen LogP contribution in [-0.4, -0.2) is 111 Å². The Bertz CT molecular complexity index is 959. The molecule has 0 N–H and O–H groups in total. The van der Waals surface area contributed by atoms with Gasteiger partial charge in [0.05, 0.1) is 16.7 Å². The second-order valence-electron chi connectivity index (χ2n) is 9.78. The summed E-state index contributed by atoms with van der Waals surface area (Å²) in [7, 11) is -1.72. The van der Waals surface area contributed by atoms with Crippen LogP contribution in [0.3, 0.4) is 0 Å². The van der Waals surface area contributed by atoms with Gasteiger partial charge in [-0.2, -0.15) is 4.31 Å². The van der Waals surface area contributed by atoms with Crippen LogP contribution in [0.5, 0.6) is 0 Å². The van der Waals surface area contributed by atoms with Gasteiger partial charge in [-0.3, -0.25) is 9.69 Å². The van der Waals surface area contributed by atoms with Crippen molar-refractivity contribution in [1.29, 1.82) is 0 Å². The van der Waals surface area contributed by atoms with Crippen LogP contribution in [0, 0.1) is 0 Å². The van der Waals surface area contributed by atoms with Gasteiger partial charge in [-0.15, -0.1) is 0 Å². The predicted octanol–water partition coefficient (Wildman–Crippen LogP) is 2.79. The Balaban J connectivity index is 1.27. The van der Waals surface area contributed by atoms with E-state index in [2.05, 4.69) is 16.8 Å². The van der Waals surface area contributed by atoms with Crippen LogP contribution in [0.4, 0.5) is 0 Å². The maximum atomic E-state index is 13.4. The van der Waals surface area contributed by atoms with Crippen LogP contribution < -0.4 is 0 Å². The zero-order valence-corrected chi connectivity index (χ0v) is 22.7.